The molecule has 0 radical (unpaired) electrons. The van der Waals surface area contributed by atoms with Gasteiger partial charge in [0.1, 0.15) is 12.7 Å². The van der Waals surface area contributed by atoms with Crippen molar-refractivity contribution in [1.82, 2.24) is 5.32 Å². The quantitative estimate of drug-likeness (QED) is 0.747. The Balaban J connectivity index is 1.72. The minimum absolute atomic E-state index is 0.228. The first-order valence-corrected chi connectivity index (χ1v) is 7.57. The van der Waals surface area contributed by atoms with Crippen LogP contribution in [0.1, 0.15) is 12.5 Å². The number of rotatable bonds is 9. The highest BCUT2D eigenvalue weighted by molar-refractivity contribution is 5.39. The standard InChI is InChI=1S/C18H23NO3/c1-2-21-17-10-6-7-11-18(17)22-14-16(20)13-19-12-15-8-4-3-5-9-15/h3-11,16,19-20H,2,12-14H2,1H3. The van der Waals surface area contributed by atoms with Gasteiger partial charge in [0.15, 0.2) is 11.5 Å². The molecule has 22 heavy (non-hydrogen) atoms. The monoisotopic (exact) mass is 301 g/mol. The zero-order chi connectivity index (χ0) is 15.6. The van der Waals surface area contributed by atoms with Gasteiger partial charge in [-0.15, -0.1) is 0 Å². The minimum atomic E-state index is -0.571. The van der Waals surface area contributed by atoms with E-state index in [0.717, 1.165) is 6.54 Å². The van der Waals surface area contributed by atoms with E-state index in [4.69, 9.17) is 9.47 Å². The van der Waals surface area contributed by atoms with E-state index in [1.54, 1.807) is 0 Å². The second-order valence-electron chi connectivity index (χ2n) is 4.96. The summed E-state index contributed by atoms with van der Waals surface area (Å²) in [5.74, 6) is 1.36. The summed E-state index contributed by atoms with van der Waals surface area (Å²) in [7, 11) is 0. The van der Waals surface area contributed by atoms with Crippen LogP contribution in [0, 0.1) is 0 Å². The second kappa shape index (κ2) is 9.07. The summed E-state index contributed by atoms with van der Waals surface area (Å²) in [6.07, 6.45) is -0.571. The third-order valence-corrected chi connectivity index (χ3v) is 3.13. The molecular formula is C18H23NO3. The van der Waals surface area contributed by atoms with E-state index in [1.807, 2.05) is 61.5 Å². The molecule has 0 aliphatic rings. The lowest BCUT2D eigenvalue weighted by molar-refractivity contribution is 0.104. The number of hydrogen-bond donors (Lipinski definition) is 2. The van der Waals surface area contributed by atoms with Crippen LogP contribution in [-0.2, 0) is 6.54 Å². The highest BCUT2D eigenvalue weighted by atomic mass is 16.5. The van der Waals surface area contributed by atoms with Gasteiger partial charge in [0.25, 0.3) is 0 Å². The average molecular weight is 301 g/mol. The SMILES string of the molecule is CCOc1ccccc1OCC(O)CNCc1ccccc1. The molecule has 0 amide bonds. The molecule has 0 aliphatic heterocycles. The van der Waals surface area contributed by atoms with Gasteiger partial charge in [-0.1, -0.05) is 42.5 Å². The van der Waals surface area contributed by atoms with Crippen molar-refractivity contribution < 1.29 is 14.6 Å². The Morgan fingerprint density at radius 3 is 2.27 bits per heavy atom. The fourth-order valence-electron chi connectivity index (χ4n) is 2.07. The lowest BCUT2D eigenvalue weighted by Crippen LogP contribution is -2.31. The Morgan fingerprint density at radius 2 is 1.59 bits per heavy atom. The van der Waals surface area contributed by atoms with Gasteiger partial charge in [0.2, 0.25) is 0 Å². The summed E-state index contributed by atoms with van der Waals surface area (Å²) in [4.78, 5) is 0. The zero-order valence-electron chi connectivity index (χ0n) is 12.9. The first-order chi connectivity index (χ1) is 10.8. The lowest BCUT2D eigenvalue weighted by Gasteiger charge is -2.15. The third kappa shape index (κ3) is 5.39. The van der Waals surface area contributed by atoms with E-state index in [9.17, 15) is 5.11 Å². The number of aliphatic hydroxyl groups is 1. The highest BCUT2D eigenvalue weighted by Gasteiger charge is 2.08. The van der Waals surface area contributed by atoms with Crippen molar-refractivity contribution in [3.63, 3.8) is 0 Å². The molecular weight excluding hydrogens is 278 g/mol. The number of nitrogens with one attached hydrogen (secondary N) is 1. The van der Waals surface area contributed by atoms with Crippen LogP contribution in [0.4, 0.5) is 0 Å². The summed E-state index contributed by atoms with van der Waals surface area (Å²) in [6.45, 7) is 3.95. The van der Waals surface area contributed by atoms with Gasteiger partial charge in [-0.2, -0.15) is 0 Å². The van der Waals surface area contributed by atoms with Crippen LogP contribution in [0.3, 0.4) is 0 Å². The lowest BCUT2D eigenvalue weighted by atomic mass is 10.2. The van der Waals surface area contributed by atoms with Crippen LogP contribution in [0.15, 0.2) is 54.6 Å². The summed E-state index contributed by atoms with van der Waals surface area (Å²) in [5, 5.41) is 13.2. The van der Waals surface area contributed by atoms with Crippen LogP contribution < -0.4 is 14.8 Å². The Hall–Kier alpha value is -2.04. The van der Waals surface area contributed by atoms with Crippen molar-refractivity contribution in [2.75, 3.05) is 19.8 Å². The van der Waals surface area contributed by atoms with E-state index in [-0.39, 0.29) is 6.61 Å². The first-order valence-electron chi connectivity index (χ1n) is 7.57. The van der Waals surface area contributed by atoms with E-state index >= 15 is 0 Å². The molecule has 0 saturated heterocycles. The average Bonchev–Trinajstić information content (AvgIpc) is 2.55. The molecule has 4 heteroatoms. The van der Waals surface area contributed by atoms with Gasteiger partial charge in [-0.3, -0.25) is 0 Å². The molecule has 0 saturated carbocycles. The van der Waals surface area contributed by atoms with Gasteiger partial charge in [0.05, 0.1) is 6.61 Å². The Morgan fingerprint density at radius 1 is 0.955 bits per heavy atom. The van der Waals surface area contributed by atoms with Crippen molar-refractivity contribution in [3.8, 4) is 11.5 Å². The molecule has 118 valence electrons. The largest absolute Gasteiger partial charge is 0.490 e. The first kappa shape index (κ1) is 16.3. The van der Waals surface area contributed by atoms with Crippen LogP contribution >= 0.6 is 0 Å². The molecule has 4 nitrogen and oxygen atoms in total. The van der Waals surface area contributed by atoms with Crippen LogP contribution in [-0.4, -0.2) is 31.0 Å². The van der Waals surface area contributed by atoms with Gasteiger partial charge in [-0.25, -0.2) is 0 Å². The van der Waals surface area contributed by atoms with Crippen molar-refractivity contribution in [3.05, 3.63) is 60.2 Å². The molecule has 2 aromatic carbocycles. The maximum Gasteiger partial charge on any atom is 0.161 e. The minimum Gasteiger partial charge on any atom is -0.490 e. The van der Waals surface area contributed by atoms with Crippen molar-refractivity contribution >= 4 is 0 Å². The van der Waals surface area contributed by atoms with Crippen LogP contribution in [0.25, 0.3) is 0 Å². The highest BCUT2D eigenvalue weighted by Crippen LogP contribution is 2.26. The Bertz CT molecular complexity index is 545. The molecule has 0 aliphatic carbocycles. The molecule has 2 rings (SSSR count). The van der Waals surface area contributed by atoms with E-state index in [2.05, 4.69) is 5.32 Å². The van der Waals surface area contributed by atoms with E-state index in [0.29, 0.717) is 24.7 Å². The van der Waals surface area contributed by atoms with Gasteiger partial charge in [0, 0.05) is 13.1 Å². The number of benzene rings is 2. The second-order valence-corrected chi connectivity index (χ2v) is 4.96. The summed E-state index contributed by atoms with van der Waals surface area (Å²) in [6, 6.07) is 17.6. The molecule has 0 spiro atoms. The predicted octanol–water partition coefficient (Wildman–Crippen LogP) is 2.61. The Labute approximate surface area is 131 Å². The van der Waals surface area contributed by atoms with Crippen LogP contribution in [0.2, 0.25) is 0 Å². The number of aliphatic hydroxyl groups excluding tert-OH is 1. The molecule has 0 aromatic heterocycles. The number of hydrogen-bond acceptors (Lipinski definition) is 4. The molecule has 0 bridgehead atoms. The third-order valence-electron chi connectivity index (χ3n) is 3.13. The normalized spacial score (nSPS) is 11.9. The van der Waals surface area contributed by atoms with Gasteiger partial charge < -0.3 is 19.9 Å². The summed E-state index contributed by atoms with van der Waals surface area (Å²) < 4.78 is 11.1. The summed E-state index contributed by atoms with van der Waals surface area (Å²) >= 11 is 0. The predicted molar refractivity (Wildman–Crippen MR) is 87.3 cm³/mol. The zero-order valence-corrected chi connectivity index (χ0v) is 12.9. The number of para-hydroxylation sites is 2. The maximum absolute atomic E-state index is 9.98. The molecule has 2 aromatic rings. The summed E-state index contributed by atoms with van der Waals surface area (Å²) in [5.41, 5.74) is 1.19. The van der Waals surface area contributed by atoms with E-state index in [1.165, 1.54) is 5.56 Å². The van der Waals surface area contributed by atoms with E-state index < -0.39 is 6.10 Å². The van der Waals surface area contributed by atoms with Crippen molar-refractivity contribution in [1.29, 1.82) is 0 Å². The molecule has 0 fully saturated rings. The Kier molecular flexibility index (Phi) is 6.74. The molecule has 2 N–H and O–H groups in total. The fourth-order valence-corrected chi connectivity index (χ4v) is 2.07. The van der Waals surface area contributed by atoms with Crippen LogP contribution in [0.5, 0.6) is 11.5 Å². The topological polar surface area (TPSA) is 50.7 Å². The van der Waals surface area contributed by atoms with Gasteiger partial charge >= 0.3 is 0 Å². The number of ether oxygens (including phenoxy) is 2. The van der Waals surface area contributed by atoms with Crippen molar-refractivity contribution in [2.45, 2.75) is 19.6 Å². The van der Waals surface area contributed by atoms with Crippen molar-refractivity contribution in [2.24, 2.45) is 0 Å². The maximum atomic E-state index is 9.98. The molecule has 0 heterocycles. The fraction of sp³-hybridized carbons (Fsp3) is 0.333. The molecule has 1 unspecified atom stereocenters. The van der Waals surface area contributed by atoms with Gasteiger partial charge in [-0.05, 0) is 24.6 Å². The smallest absolute Gasteiger partial charge is 0.161 e. The molecule has 1 atom stereocenters.